The molecule has 0 spiro atoms. The van der Waals surface area contributed by atoms with Crippen molar-refractivity contribution in [3.8, 4) is 0 Å². The van der Waals surface area contributed by atoms with Gasteiger partial charge in [0, 0.05) is 6.92 Å². The van der Waals surface area contributed by atoms with Crippen molar-refractivity contribution in [1.82, 2.24) is 0 Å². The van der Waals surface area contributed by atoms with Crippen LogP contribution in [0.3, 0.4) is 0 Å². The molecule has 0 saturated heterocycles. The standard InChI is InChI=1S/C40H46O2P.H2O4S/c1-31(25-26-38-33(3)39(42-34(4)41)27-29-40(38,5)6)17-16-18-32(2)28-30-43(35-19-10-7-11-20-35,36-21-12-8-13-22-36)37-23-14-9-15-24-37;1-5(2,3)4/h7-26,28,39H,27,29-30H2,1-6H3;(H2,1,2,3,4)/q+1;/p-1. The molecule has 4 rings (SSSR count). The third-order valence-electron chi connectivity index (χ3n) is 8.49. The molecule has 1 unspecified atom stereocenters. The molecule has 1 aliphatic rings. The van der Waals surface area contributed by atoms with Gasteiger partial charge in [-0.05, 0) is 92.6 Å². The molecule has 1 N–H and O–H groups in total. The van der Waals surface area contributed by atoms with E-state index in [0.717, 1.165) is 24.6 Å². The van der Waals surface area contributed by atoms with Crippen LogP contribution in [0.2, 0.25) is 0 Å². The number of ether oxygens (including phenoxy) is 1. The van der Waals surface area contributed by atoms with Crippen LogP contribution in [0.25, 0.3) is 0 Å². The van der Waals surface area contributed by atoms with Gasteiger partial charge in [-0.3, -0.25) is 9.35 Å². The zero-order chi connectivity index (χ0) is 35.4. The Bertz CT molecular complexity index is 1670. The minimum atomic E-state index is -4.92. The Balaban J connectivity index is 0.00000116. The van der Waals surface area contributed by atoms with Crippen LogP contribution >= 0.6 is 7.26 Å². The van der Waals surface area contributed by atoms with E-state index < -0.39 is 17.7 Å². The van der Waals surface area contributed by atoms with E-state index >= 15 is 0 Å². The first kappa shape index (κ1) is 38.6. The van der Waals surface area contributed by atoms with Crippen LogP contribution in [-0.4, -0.2) is 35.8 Å². The summed E-state index contributed by atoms with van der Waals surface area (Å²) >= 11 is 0. The number of hydrogen-bond donors (Lipinski definition) is 1. The molecule has 0 aliphatic heterocycles. The predicted molar refractivity (Wildman–Crippen MR) is 199 cm³/mol. The molecule has 3 aromatic carbocycles. The first-order valence-electron chi connectivity index (χ1n) is 15.9. The molecular formula is C40H47O6PS. The van der Waals surface area contributed by atoms with Gasteiger partial charge in [0.15, 0.2) is 0 Å². The summed E-state index contributed by atoms with van der Waals surface area (Å²) in [4.78, 5) is 11.6. The summed E-state index contributed by atoms with van der Waals surface area (Å²) in [6.45, 7) is 12.5. The SMILES string of the molecule is CC(=O)OC1CCC(C)(C)C(C=CC(C)=CC=CC(C)=CC[P+](c2ccccc2)(c2ccccc2)c2ccccc2)=C1C.O=S(=O)([O-])O. The second-order valence-electron chi connectivity index (χ2n) is 12.6. The Morgan fingerprint density at radius 2 is 1.33 bits per heavy atom. The van der Waals surface area contributed by atoms with Gasteiger partial charge in [-0.15, -0.1) is 0 Å². The normalized spacial score (nSPS) is 17.3. The molecule has 0 heterocycles. The van der Waals surface area contributed by atoms with Gasteiger partial charge in [0.25, 0.3) is 0 Å². The minimum absolute atomic E-state index is 0.0541. The van der Waals surface area contributed by atoms with Crippen molar-refractivity contribution in [1.29, 1.82) is 0 Å². The molecule has 6 nitrogen and oxygen atoms in total. The van der Waals surface area contributed by atoms with Gasteiger partial charge in [-0.1, -0.05) is 110 Å². The van der Waals surface area contributed by atoms with Crippen LogP contribution in [0.5, 0.6) is 0 Å². The molecule has 8 heteroatoms. The van der Waals surface area contributed by atoms with Crippen molar-refractivity contribution in [3.05, 3.63) is 150 Å². The Morgan fingerprint density at radius 1 is 0.875 bits per heavy atom. The van der Waals surface area contributed by atoms with Gasteiger partial charge in [0.05, 0.1) is 6.16 Å². The summed E-state index contributed by atoms with van der Waals surface area (Å²) in [5.74, 6) is -0.215. The molecule has 0 aromatic heterocycles. The van der Waals surface area contributed by atoms with E-state index in [-0.39, 0.29) is 17.5 Å². The van der Waals surface area contributed by atoms with Crippen LogP contribution in [0.1, 0.15) is 54.4 Å². The van der Waals surface area contributed by atoms with Crippen molar-refractivity contribution in [2.75, 3.05) is 6.16 Å². The number of benzene rings is 3. The lowest BCUT2D eigenvalue weighted by molar-refractivity contribution is -0.145. The Kier molecular flexibility index (Phi) is 14.1. The number of hydrogen-bond acceptors (Lipinski definition) is 5. The summed E-state index contributed by atoms with van der Waals surface area (Å²) in [7, 11) is -6.81. The highest BCUT2D eigenvalue weighted by Gasteiger charge is 2.44. The average Bonchev–Trinajstić information content (AvgIpc) is 3.03. The van der Waals surface area contributed by atoms with Crippen LogP contribution in [0.15, 0.2) is 150 Å². The lowest BCUT2D eigenvalue weighted by atomic mass is 9.71. The van der Waals surface area contributed by atoms with Crippen LogP contribution < -0.4 is 15.9 Å². The molecule has 254 valence electrons. The summed E-state index contributed by atoms with van der Waals surface area (Å²) in [6.07, 6.45) is 16.0. The highest BCUT2D eigenvalue weighted by molar-refractivity contribution is 7.95. The molecule has 0 bridgehead atoms. The van der Waals surface area contributed by atoms with E-state index in [1.54, 1.807) is 0 Å². The van der Waals surface area contributed by atoms with Crippen molar-refractivity contribution in [3.63, 3.8) is 0 Å². The Hall–Kier alpha value is -3.87. The molecular weight excluding hydrogens is 639 g/mol. The third kappa shape index (κ3) is 11.4. The van der Waals surface area contributed by atoms with Crippen LogP contribution in [0, 0.1) is 5.41 Å². The maximum atomic E-state index is 11.6. The Labute approximate surface area is 287 Å². The van der Waals surface area contributed by atoms with E-state index in [9.17, 15) is 4.79 Å². The fourth-order valence-corrected chi connectivity index (χ4v) is 10.2. The lowest BCUT2D eigenvalue weighted by Crippen LogP contribution is -2.33. The fourth-order valence-electron chi connectivity index (χ4n) is 6.04. The van der Waals surface area contributed by atoms with Gasteiger partial charge >= 0.3 is 5.97 Å². The molecule has 3 aromatic rings. The van der Waals surface area contributed by atoms with E-state index in [4.69, 9.17) is 22.3 Å². The monoisotopic (exact) mass is 686 g/mol. The molecule has 0 radical (unpaired) electrons. The Morgan fingerprint density at radius 3 is 1.77 bits per heavy atom. The quantitative estimate of drug-likeness (QED) is 0.0761. The summed E-state index contributed by atoms with van der Waals surface area (Å²) in [5.41, 5.74) is 4.90. The molecule has 1 atom stereocenters. The van der Waals surface area contributed by atoms with Crippen molar-refractivity contribution in [2.24, 2.45) is 5.41 Å². The van der Waals surface area contributed by atoms with E-state index in [1.165, 1.54) is 39.6 Å². The minimum Gasteiger partial charge on any atom is -0.726 e. The van der Waals surface area contributed by atoms with E-state index in [2.05, 4.69) is 162 Å². The number of esters is 1. The van der Waals surface area contributed by atoms with Crippen molar-refractivity contribution < 1.29 is 27.1 Å². The first-order valence-corrected chi connectivity index (χ1v) is 19.3. The van der Waals surface area contributed by atoms with Gasteiger partial charge in [-0.2, -0.15) is 0 Å². The average molecular weight is 687 g/mol. The molecule has 1 aliphatic carbocycles. The predicted octanol–water partition coefficient (Wildman–Crippen LogP) is 8.06. The van der Waals surface area contributed by atoms with Gasteiger partial charge < -0.3 is 9.29 Å². The molecule has 0 saturated carbocycles. The lowest BCUT2D eigenvalue weighted by Gasteiger charge is -2.36. The first-order chi connectivity index (χ1) is 22.6. The largest absolute Gasteiger partial charge is 0.726 e. The second kappa shape index (κ2) is 17.5. The smallest absolute Gasteiger partial charge is 0.303 e. The van der Waals surface area contributed by atoms with Crippen LogP contribution in [-0.2, 0) is 19.9 Å². The zero-order valence-electron chi connectivity index (χ0n) is 28.7. The van der Waals surface area contributed by atoms with Crippen LogP contribution in [0.4, 0.5) is 0 Å². The molecule has 0 amide bonds. The maximum absolute atomic E-state index is 11.6. The third-order valence-corrected chi connectivity index (χ3v) is 12.8. The van der Waals surface area contributed by atoms with Gasteiger partial charge in [-0.25, -0.2) is 8.42 Å². The fraction of sp³-hybridized carbons (Fsp3) is 0.275. The van der Waals surface area contributed by atoms with Gasteiger partial charge in [0.2, 0.25) is 10.4 Å². The second-order valence-corrected chi connectivity index (χ2v) is 17.0. The van der Waals surface area contributed by atoms with Crippen molar-refractivity contribution >= 4 is 39.5 Å². The number of allylic oxidation sites excluding steroid dienone is 9. The van der Waals surface area contributed by atoms with E-state index in [1.807, 2.05) is 0 Å². The van der Waals surface area contributed by atoms with E-state index in [0.29, 0.717) is 0 Å². The van der Waals surface area contributed by atoms with Gasteiger partial charge in [0.1, 0.15) is 29.3 Å². The molecule has 48 heavy (non-hydrogen) atoms. The summed E-state index contributed by atoms with van der Waals surface area (Å²) in [5, 5.41) is 4.19. The highest BCUT2D eigenvalue weighted by Crippen LogP contribution is 2.55. The highest BCUT2D eigenvalue weighted by atomic mass is 32.3. The maximum Gasteiger partial charge on any atom is 0.303 e. The van der Waals surface area contributed by atoms with Crippen molar-refractivity contribution in [2.45, 2.75) is 60.5 Å². The number of carbonyl (C=O) groups excluding carboxylic acids is 1. The zero-order valence-corrected chi connectivity index (χ0v) is 30.4. The molecule has 0 fully saturated rings. The summed E-state index contributed by atoms with van der Waals surface area (Å²) in [6, 6.07) is 33.1. The number of rotatable bonds is 10. The topological polar surface area (TPSA) is 104 Å². The summed E-state index contributed by atoms with van der Waals surface area (Å²) < 4.78 is 38.4. The number of carbonyl (C=O) groups is 1.